The second-order valence-electron chi connectivity index (χ2n) is 6.08. The number of carbonyl (C=O) groups is 3. The van der Waals surface area contributed by atoms with Gasteiger partial charge in [-0.05, 0) is 18.1 Å². The Morgan fingerprint density at radius 1 is 1.32 bits per heavy atom. The fourth-order valence-electron chi connectivity index (χ4n) is 3.24. The lowest BCUT2D eigenvalue weighted by Crippen LogP contribution is -2.74. The van der Waals surface area contributed by atoms with Gasteiger partial charge in [-0.15, -0.1) is 24.4 Å². The molecule has 1 aromatic carbocycles. The number of carboxylic acids is 1. The first-order chi connectivity index (χ1) is 11.9. The molecule has 0 bridgehead atoms. The largest absolute Gasteiger partial charge is 0.477 e. The van der Waals surface area contributed by atoms with Crippen LogP contribution in [0.4, 0.5) is 0 Å². The molecule has 1 aromatic rings. The summed E-state index contributed by atoms with van der Waals surface area (Å²) in [6, 6.07) is 8.10. The first-order valence-corrected chi connectivity index (χ1v) is 9.29. The zero-order valence-corrected chi connectivity index (χ0v) is 15.2. The van der Waals surface area contributed by atoms with Crippen molar-refractivity contribution in [3.63, 3.8) is 0 Å². The molecule has 8 heteroatoms. The number of amides is 1. The lowest BCUT2D eigenvalue weighted by Gasteiger charge is -2.56. The number of carboxylic acid groups (broad SMARTS) is 1. The Hall–Kier alpha value is -1.93. The van der Waals surface area contributed by atoms with Crippen molar-refractivity contribution in [2.45, 2.75) is 30.8 Å². The Kier molecular flexibility index (Phi) is 5.10. The second kappa shape index (κ2) is 7.13. The maximum absolute atomic E-state index is 12.3. The topological polar surface area (TPSA) is 86.7 Å². The molecule has 132 valence electrons. The quantitative estimate of drug-likeness (QED) is 0.670. The minimum absolute atomic E-state index is 0.143. The monoisotopic (exact) mass is 378 g/mol. The van der Waals surface area contributed by atoms with E-state index >= 15 is 0 Å². The lowest BCUT2D eigenvalue weighted by atomic mass is 9.93. The molecule has 3 atom stereocenters. The average molecular weight is 378 g/mol. The summed E-state index contributed by atoms with van der Waals surface area (Å²) in [6.45, 7) is 1.74. The van der Waals surface area contributed by atoms with Gasteiger partial charge < -0.3 is 15.3 Å². The van der Waals surface area contributed by atoms with Gasteiger partial charge in [0.05, 0.1) is 17.8 Å². The molecule has 1 saturated heterocycles. The van der Waals surface area contributed by atoms with E-state index in [9.17, 15) is 19.5 Å². The number of nitrogens with zero attached hydrogens (tertiary/aromatic N) is 1. The summed E-state index contributed by atoms with van der Waals surface area (Å²) < 4.78 is 0. The third kappa shape index (κ3) is 3.41. The average Bonchev–Trinajstić information content (AvgIpc) is 2.53. The van der Waals surface area contributed by atoms with Crippen LogP contribution in [0.5, 0.6) is 0 Å². The SMILES string of the molecule is CC1=C(C(=O)O)N2C(C(=O)S)[C@@H](NC(=O)Cc3ccccc3)[C@H]2SC1. The molecule has 0 radical (unpaired) electrons. The number of aliphatic carboxylic acids is 1. The van der Waals surface area contributed by atoms with E-state index in [4.69, 9.17) is 0 Å². The zero-order chi connectivity index (χ0) is 18.1. The summed E-state index contributed by atoms with van der Waals surface area (Å²) >= 11 is 5.43. The number of hydrogen-bond donors (Lipinski definition) is 3. The van der Waals surface area contributed by atoms with Gasteiger partial charge in [0.2, 0.25) is 11.0 Å². The van der Waals surface area contributed by atoms with Gasteiger partial charge in [-0.2, -0.15) is 0 Å². The van der Waals surface area contributed by atoms with Crippen LogP contribution >= 0.6 is 24.4 Å². The molecule has 0 saturated carbocycles. The highest BCUT2D eigenvalue weighted by molar-refractivity contribution is 8.00. The molecular formula is C17H18N2O4S2. The molecule has 0 spiro atoms. The van der Waals surface area contributed by atoms with Gasteiger partial charge in [0.25, 0.3) is 0 Å². The summed E-state index contributed by atoms with van der Waals surface area (Å²) in [6.07, 6.45) is 0.211. The fraction of sp³-hybridized carbons (Fsp3) is 0.353. The molecule has 1 amide bonds. The Morgan fingerprint density at radius 2 is 2.00 bits per heavy atom. The van der Waals surface area contributed by atoms with Crippen molar-refractivity contribution < 1.29 is 19.5 Å². The van der Waals surface area contributed by atoms with Gasteiger partial charge in [-0.25, -0.2) is 4.79 Å². The molecule has 3 rings (SSSR count). The number of fused-ring (bicyclic) bond motifs is 1. The van der Waals surface area contributed by atoms with E-state index in [1.54, 1.807) is 11.8 Å². The maximum atomic E-state index is 12.3. The lowest BCUT2D eigenvalue weighted by molar-refractivity contribution is -0.138. The van der Waals surface area contributed by atoms with Gasteiger partial charge in [0.1, 0.15) is 11.7 Å². The van der Waals surface area contributed by atoms with Gasteiger partial charge in [-0.3, -0.25) is 9.59 Å². The predicted octanol–water partition coefficient (Wildman–Crippen LogP) is 1.29. The number of thioether (sulfide) groups is 1. The molecule has 2 aliphatic heterocycles. The predicted molar refractivity (Wildman–Crippen MR) is 98.3 cm³/mol. The van der Waals surface area contributed by atoms with E-state index < -0.39 is 23.2 Å². The Balaban J connectivity index is 1.76. The van der Waals surface area contributed by atoms with Crippen molar-refractivity contribution >= 4 is 41.4 Å². The Labute approximate surface area is 155 Å². The van der Waals surface area contributed by atoms with Crippen molar-refractivity contribution in [1.29, 1.82) is 0 Å². The summed E-state index contributed by atoms with van der Waals surface area (Å²) in [4.78, 5) is 37.4. The molecular weight excluding hydrogens is 360 g/mol. The zero-order valence-electron chi connectivity index (χ0n) is 13.5. The van der Waals surface area contributed by atoms with E-state index in [1.807, 2.05) is 30.3 Å². The second-order valence-corrected chi connectivity index (χ2v) is 7.63. The highest BCUT2D eigenvalue weighted by Gasteiger charge is 2.56. The molecule has 0 aromatic heterocycles. The highest BCUT2D eigenvalue weighted by atomic mass is 32.2. The smallest absolute Gasteiger partial charge is 0.352 e. The summed E-state index contributed by atoms with van der Waals surface area (Å²) in [5.41, 5.74) is 1.73. The van der Waals surface area contributed by atoms with E-state index in [0.717, 1.165) is 5.56 Å². The van der Waals surface area contributed by atoms with Crippen LogP contribution in [0.3, 0.4) is 0 Å². The number of rotatable bonds is 5. The third-order valence-corrected chi connectivity index (χ3v) is 6.07. The van der Waals surface area contributed by atoms with E-state index in [0.29, 0.717) is 11.3 Å². The van der Waals surface area contributed by atoms with E-state index in [1.165, 1.54) is 11.8 Å². The van der Waals surface area contributed by atoms with Crippen molar-refractivity contribution in [3.8, 4) is 0 Å². The Morgan fingerprint density at radius 3 is 2.60 bits per heavy atom. The van der Waals surface area contributed by atoms with Gasteiger partial charge in [-0.1, -0.05) is 30.3 Å². The van der Waals surface area contributed by atoms with Crippen LogP contribution in [0, 0.1) is 0 Å². The number of hydrogen-bond acceptors (Lipinski definition) is 5. The molecule has 2 aliphatic rings. The normalized spacial score (nSPS) is 25.0. The Bertz CT molecular complexity index is 750. The first kappa shape index (κ1) is 17.9. The van der Waals surface area contributed by atoms with Gasteiger partial charge in [0.15, 0.2) is 0 Å². The molecule has 25 heavy (non-hydrogen) atoms. The highest BCUT2D eigenvalue weighted by Crippen LogP contribution is 2.44. The number of thiol groups is 1. The molecule has 1 unspecified atom stereocenters. The van der Waals surface area contributed by atoms with Crippen LogP contribution in [-0.4, -0.2) is 50.2 Å². The molecule has 2 heterocycles. The standard InChI is InChI=1S/C17H18N2O4S2/c1-9-8-25-15-12(14(17(23)24)19(15)13(9)16(21)22)18-11(20)7-10-5-3-2-4-6-10/h2-6,12,14-15H,7-8H2,1H3,(H,18,20)(H,21,22)(H,23,24)/t12-,14?,15-/m1/s1. The van der Waals surface area contributed by atoms with Crippen molar-refractivity contribution in [1.82, 2.24) is 10.2 Å². The third-order valence-electron chi connectivity index (χ3n) is 4.35. The molecule has 1 fully saturated rings. The van der Waals surface area contributed by atoms with Crippen LogP contribution in [0.2, 0.25) is 0 Å². The van der Waals surface area contributed by atoms with Crippen molar-refractivity contribution in [2.75, 3.05) is 5.75 Å². The summed E-state index contributed by atoms with van der Waals surface area (Å²) in [5.74, 6) is -0.697. The number of benzene rings is 1. The summed E-state index contributed by atoms with van der Waals surface area (Å²) in [5, 5.41) is 11.6. The first-order valence-electron chi connectivity index (χ1n) is 7.79. The minimum Gasteiger partial charge on any atom is -0.477 e. The van der Waals surface area contributed by atoms with Crippen molar-refractivity contribution in [2.24, 2.45) is 0 Å². The van der Waals surface area contributed by atoms with Crippen LogP contribution in [0.25, 0.3) is 0 Å². The van der Waals surface area contributed by atoms with Gasteiger partial charge >= 0.3 is 5.97 Å². The van der Waals surface area contributed by atoms with Crippen molar-refractivity contribution in [3.05, 3.63) is 47.2 Å². The number of nitrogens with one attached hydrogen (secondary N) is 1. The maximum Gasteiger partial charge on any atom is 0.352 e. The van der Waals surface area contributed by atoms with Crippen LogP contribution in [0.1, 0.15) is 12.5 Å². The van der Waals surface area contributed by atoms with E-state index in [-0.39, 0.29) is 23.4 Å². The molecule has 2 N–H and O–H groups in total. The minimum atomic E-state index is -1.06. The number of carbonyl (C=O) groups excluding carboxylic acids is 2. The van der Waals surface area contributed by atoms with Gasteiger partial charge in [0, 0.05) is 5.75 Å². The van der Waals surface area contributed by atoms with Crippen LogP contribution < -0.4 is 5.32 Å². The van der Waals surface area contributed by atoms with E-state index in [2.05, 4.69) is 17.9 Å². The van der Waals surface area contributed by atoms with Crippen LogP contribution in [-0.2, 0) is 20.8 Å². The molecule has 0 aliphatic carbocycles. The van der Waals surface area contributed by atoms with Crippen LogP contribution in [0.15, 0.2) is 41.6 Å². The fourth-order valence-corrected chi connectivity index (χ4v) is 4.91. The molecule has 6 nitrogen and oxygen atoms in total. The summed E-state index contributed by atoms with van der Waals surface area (Å²) in [7, 11) is 0.